The molecule has 0 saturated heterocycles. The number of hydrogen-bond acceptors (Lipinski definition) is 5. The lowest BCUT2D eigenvalue weighted by atomic mass is 10.2. The fourth-order valence-electron chi connectivity index (χ4n) is 2.01. The van der Waals surface area contributed by atoms with Crippen LogP contribution in [0.3, 0.4) is 0 Å². The van der Waals surface area contributed by atoms with Gasteiger partial charge in [0.2, 0.25) is 0 Å². The van der Waals surface area contributed by atoms with Crippen LogP contribution in [0.25, 0.3) is 5.65 Å². The molecular weight excluding hydrogens is 302 g/mol. The molecule has 0 aliphatic rings. The fraction of sp³-hybridized carbons (Fsp3) is 0.267. The van der Waals surface area contributed by atoms with E-state index >= 15 is 0 Å². The molecule has 2 heterocycles. The predicted octanol–water partition coefficient (Wildman–Crippen LogP) is 2.71. The van der Waals surface area contributed by atoms with Crippen LogP contribution in [0.2, 0.25) is 5.02 Å². The number of nitrogens with one attached hydrogen (secondary N) is 1. The summed E-state index contributed by atoms with van der Waals surface area (Å²) in [6, 6.07) is 11.4. The van der Waals surface area contributed by atoms with Crippen LogP contribution >= 0.6 is 11.6 Å². The molecule has 0 aliphatic carbocycles. The van der Waals surface area contributed by atoms with Gasteiger partial charge in [0.25, 0.3) is 0 Å². The number of rotatable bonds is 6. The van der Waals surface area contributed by atoms with E-state index in [4.69, 9.17) is 16.3 Å². The Bertz CT molecular complexity index is 756. The second-order valence-corrected chi connectivity index (χ2v) is 5.28. The van der Waals surface area contributed by atoms with Crippen LogP contribution < -0.4 is 5.32 Å². The Morgan fingerprint density at radius 3 is 2.77 bits per heavy atom. The minimum absolute atomic E-state index is 0.565. The van der Waals surface area contributed by atoms with Crippen molar-refractivity contribution >= 4 is 23.1 Å². The molecule has 0 aliphatic heterocycles. The number of hydrogen-bond donors (Lipinski definition) is 1. The number of anilines is 1. The first-order valence-corrected chi connectivity index (χ1v) is 7.35. The Hall–Kier alpha value is -2.18. The molecule has 0 spiro atoms. The summed E-state index contributed by atoms with van der Waals surface area (Å²) in [5, 5.41) is 16.3. The summed E-state index contributed by atoms with van der Waals surface area (Å²) in [6.07, 6.45) is 0. The maximum absolute atomic E-state index is 5.84. The molecule has 1 aromatic carbocycles. The number of aryl methyl sites for hydroxylation is 1. The van der Waals surface area contributed by atoms with Crippen molar-refractivity contribution in [3.05, 3.63) is 52.8 Å². The number of fused-ring (bicyclic) bond motifs is 1. The first kappa shape index (κ1) is 14.7. The Morgan fingerprint density at radius 2 is 1.95 bits per heavy atom. The Kier molecular flexibility index (Phi) is 4.50. The van der Waals surface area contributed by atoms with Gasteiger partial charge in [0.15, 0.2) is 11.5 Å². The van der Waals surface area contributed by atoms with Crippen molar-refractivity contribution in [2.45, 2.75) is 13.5 Å². The van der Waals surface area contributed by atoms with Crippen molar-refractivity contribution in [2.24, 2.45) is 0 Å². The molecule has 6 nitrogen and oxygen atoms in total. The molecule has 2 aromatic heterocycles. The molecule has 0 unspecified atom stereocenters. The van der Waals surface area contributed by atoms with Crippen LogP contribution in [0.5, 0.6) is 0 Å². The lowest BCUT2D eigenvalue weighted by Gasteiger charge is -2.07. The van der Waals surface area contributed by atoms with E-state index < -0.39 is 0 Å². The van der Waals surface area contributed by atoms with Gasteiger partial charge in [-0.3, -0.25) is 0 Å². The lowest BCUT2D eigenvalue weighted by molar-refractivity contribution is 0.130. The molecule has 114 valence electrons. The van der Waals surface area contributed by atoms with E-state index in [1.54, 1.807) is 4.52 Å². The lowest BCUT2D eigenvalue weighted by Crippen LogP contribution is -2.11. The van der Waals surface area contributed by atoms with Crippen LogP contribution in [-0.2, 0) is 11.3 Å². The number of nitrogens with zero attached hydrogens (tertiary/aromatic N) is 4. The standard InChI is InChI=1S/C15H16ClN5O/c1-11-18-19-15-7-6-14(20-21(11)15)17-8-9-22-10-12-2-4-13(16)5-3-12/h2-7H,8-10H2,1H3,(H,17,20). The summed E-state index contributed by atoms with van der Waals surface area (Å²) in [5.41, 5.74) is 1.84. The third-order valence-electron chi connectivity index (χ3n) is 3.15. The Labute approximate surface area is 133 Å². The molecule has 0 amide bonds. The van der Waals surface area contributed by atoms with Gasteiger partial charge in [-0.1, -0.05) is 23.7 Å². The van der Waals surface area contributed by atoms with Gasteiger partial charge < -0.3 is 10.1 Å². The summed E-state index contributed by atoms with van der Waals surface area (Å²) in [6.45, 7) is 3.69. The summed E-state index contributed by atoms with van der Waals surface area (Å²) < 4.78 is 7.32. The molecule has 1 N–H and O–H groups in total. The van der Waals surface area contributed by atoms with E-state index in [0.717, 1.165) is 27.9 Å². The number of benzene rings is 1. The first-order valence-electron chi connectivity index (χ1n) is 6.97. The van der Waals surface area contributed by atoms with Crippen molar-refractivity contribution in [1.29, 1.82) is 0 Å². The van der Waals surface area contributed by atoms with Gasteiger partial charge in [-0.15, -0.1) is 15.3 Å². The molecule has 0 radical (unpaired) electrons. The van der Waals surface area contributed by atoms with Gasteiger partial charge >= 0.3 is 0 Å². The van der Waals surface area contributed by atoms with Gasteiger partial charge in [0.05, 0.1) is 13.2 Å². The molecule has 7 heteroatoms. The molecule has 0 atom stereocenters. The van der Waals surface area contributed by atoms with Gasteiger partial charge in [0.1, 0.15) is 5.82 Å². The van der Waals surface area contributed by atoms with E-state index in [9.17, 15) is 0 Å². The van der Waals surface area contributed by atoms with Gasteiger partial charge in [-0.2, -0.15) is 4.52 Å². The molecule has 0 saturated carbocycles. The summed E-state index contributed by atoms with van der Waals surface area (Å²) in [7, 11) is 0. The number of aromatic nitrogens is 4. The Morgan fingerprint density at radius 1 is 1.14 bits per heavy atom. The van der Waals surface area contributed by atoms with Gasteiger partial charge in [-0.05, 0) is 36.8 Å². The maximum Gasteiger partial charge on any atom is 0.178 e. The van der Waals surface area contributed by atoms with Gasteiger partial charge in [0, 0.05) is 11.6 Å². The fourth-order valence-corrected chi connectivity index (χ4v) is 2.14. The molecule has 0 fully saturated rings. The van der Waals surface area contributed by atoms with Crippen molar-refractivity contribution in [2.75, 3.05) is 18.5 Å². The predicted molar refractivity (Wildman–Crippen MR) is 85.1 cm³/mol. The zero-order chi connectivity index (χ0) is 15.4. The molecule has 3 rings (SSSR count). The average Bonchev–Trinajstić information content (AvgIpc) is 2.90. The number of ether oxygens (including phenoxy) is 1. The normalized spacial score (nSPS) is 11.0. The van der Waals surface area contributed by atoms with E-state index in [1.165, 1.54) is 0 Å². The summed E-state index contributed by atoms with van der Waals surface area (Å²) in [4.78, 5) is 0. The van der Waals surface area contributed by atoms with Crippen molar-refractivity contribution in [1.82, 2.24) is 19.8 Å². The van der Waals surface area contributed by atoms with Crippen molar-refractivity contribution < 1.29 is 4.74 Å². The second-order valence-electron chi connectivity index (χ2n) is 4.84. The summed E-state index contributed by atoms with van der Waals surface area (Å²) in [5.74, 6) is 1.53. The topological polar surface area (TPSA) is 64.3 Å². The smallest absolute Gasteiger partial charge is 0.178 e. The number of halogens is 1. The zero-order valence-corrected chi connectivity index (χ0v) is 12.9. The third kappa shape index (κ3) is 3.52. The highest BCUT2D eigenvalue weighted by Crippen LogP contribution is 2.10. The highest BCUT2D eigenvalue weighted by Gasteiger charge is 2.02. The van der Waals surface area contributed by atoms with Gasteiger partial charge in [-0.25, -0.2) is 0 Å². The van der Waals surface area contributed by atoms with Crippen LogP contribution in [0.1, 0.15) is 11.4 Å². The van der Waals surface area contributed by atoms with E-state index in [-0.39, 0.29) is 0 Å². The molecule has 22 heavy (non-hydrogen) atoms. The van der Waals surface area contributed by atoms with Crippen molar-refractivity contribution in [3.63, 3.8) is 0 Å². The largest absolute Gasteiger partial charge is 0.375 e. The van der Waals surface area contributed by atoms with Crippen molar-refractivity contribution in [3.8, 4) is 0 Å². The van der Waals surface area contributed by atoms with Crippen LogP contribution in [-0.4, -0.2) is 33.0 Å². The highest BCUT2D eigenvalue weighted by molar-refractivity contribution is 6.30. The van der Waals surface area contributed by atoms with Crippen LogP contribution in [0, 0.1) is 6.92 Å². The molecular formula is C15H16ClN5O. The highest BCUT2D eigenvalue weighted by atomic mass is 35.5. The average molecular weight is 318 g/mol. The minimum atomic E-state index is 0.565. The van der Waals surface area contributed by atoms with E-state index in [2.05, 4.69) is 20.6 Å². The summed E-state index contributed by atoms with van der Waals surface area (Å²) >= 11 is 5.84. The Balaban J connectivity index is 1.46. The maximum atomic E-state index is 5.84. The van der Waals surface area contributed by atoms with E-state index in [0.29, 0.717) is 19.8 Å². The quantitative estimate of drug-likeness (QED) is 0.708. The monoisotopic (exact) mass is 317 g/mol. The minimum Gasteiger partial charge on any atom is -0.375 e. The third-order valence-corrected chi connectivity index (χ3v) is 3.41. The van der Waals surface area contributed by atoms with E-state index in [1.807, 2.05) is 43.3 Å². The van der Waals surface area contributed by atoms with Crippen LogP contribution in [0.4, 0.5) is 5.82 Å². The molecule has 0 bridgehead atoms. The molecule has 3 aromatic rings. The zero-order valence-electron chi connectivity index (χ0n) is 12.2. The second kappa shape index (κ2) is 6.72. The first-order chi connectivity index (χ1) is 10.7. The SMILES string of the molecule is Cc1nnc2ccc(NCCOCc3ccc(Cl)cc3)nn12. The van der Waals surface area contributed by atoms with Crippen LogP contribution in [0.15, 0.2) is 36.4 Å².